The second-order valence-electron chi connectivity index (χ2n) is 5.20. The lowest BCUT2D eigenvalue weighted by Gasteiger charge is -2.09. The largest absolute Gasteiger partial charge is 0.493 e. The number of ether oxygens (including phenoxy) is 3. The number of carbonyl (C=O) groups is 2. The van der Waals surface area contributed by atoms with Gasteiger partial charge in [0, 0.05) is 16.7 Å². The van der Waals surface area contributed by atoms with Crippen molar-refractivity contribution in [3.05, 3.63) is 58.9 Å². The summed E-state index contributed by atoms with van der Waals surface area (Å²) in [7, 11) is 2.98. The fourth-order valence-electron chi connectivity index (χ4n) is 2.17. The highest BCUT2D eigenvalue weighted by molar-refractivity contribution is 6.30. The molecule has 2 aromatic rings. The van der Waals surface area contributed by atoms with Crippen molar-refractivity contribution in [1.82, 2.24) is 0 Å². The molecule has 0 bridgehead atoms. The lowest BCUT2D eigenvalue weighted by atomic mass is 10.1. The maximum absolute atomic E-state index is 13.6. The number of halogens is 2. The number of esters is 1. The summed E-state index contributed by atoms with van der Waals surface area (Å²) in [4.78, 5) is 23.6. The van der Waals surface area contributed by atoms with Crippen LogP contribution in [0, 0.1) is 5.82 Å². The van der Waals surface area contributed by atoms with Gasteiger partial charge in [0.25, 0.3) is 5.91 Å². The van der Waals surface area contributed by atoms with Crippen LogP contribution in [0.25, 0.3) is 6.08 Å². The highest BCUT2D eigenvalue weighted by atomic mass is 35.5. The Labute approximate surface area is 160 Å². The van der Waals surface area contributed by atoms with Gasteiger partial charge >= 0.3 is 5.97 Å². The van der Waals surface area contributed by atoms with E-state index in [1.54, 1.807) is 18.2 Å². The molecule has 6 nitrogen and oxygen atoms in total. The molecular formula is C19H17ClFNO5. The summed E-state index contributed by atoms with van der Waals surface area (Å²) in [6.07, 6.45) is 2.61. The van der Waals surface area contributed by atoms with Crippen molar-refractivity contribution in [1.29, 1.82) is 0 Å². The number of benzene rings is 2. The molecule has 0 fully saturated rings. The third kappa shape index (κ3) is 5.72. The monoisotopic (exact) mass is 393 g/mol. The summed E-state index contributed by atoms with van der Waals surface area (Å²) in [5.74, 6) is -1.13. The Bertz CT molecular complexity index is 869. The second-order valence-corrected chi connectivity index (χ2v) is 5.63. The molecule has 0 aliphatic rings. The van der Waals surface area contributed by atoms with Gasteiger partial charge in [0.2, 0.25) is 0 Å². The topological polar surface area (TPSA) is 73.9 Å². The van der Waals surface area contributed by atoms with Gasteiger partial charge in [-0.15, -0.1) is 0 Å². The van der Waals surface area contributed by atoms with E-state index in [1.807, 2.05) is 0 Å². The summed E-state index contributed by atoms with van der Waals surface area (Å²) >= 11 is 5.74. The minimum absolute atomic E-state index is 0.0970. The summed E-state index contributed by atoms with van der Waals surface area (Å²) in [6.45, 7) is -0.579. The molecule has 0 aromatic heterocycles. The lowest BCUT2D eigenvalue weighted by Crippen LogP contribution is -2.20. The zero-order valence-corrected chi connectivity index (χ0v) is 15.4. The molecule has 0 atom stereocenters. The van der Waals surface area contributed by atoms with Crippen LogP contribution in [0.1, 0.15) is 5.56 Å². The molecule has 0 unspecified atom stereocenters. The average molecular weight is 394 g/mol. The highest BCUT2D eigenvalue weighted by Gasteiger charge is 2.11. The Morgan fingerprint density at radius 1 is 1.19 bits per heavy atom. The average Bonchev–Trinajstić information content (AvgIpc) is 2.67. The van der Waals surface area contributed by atoms with E-state index in [4.69, 9.17) is 25.8 Å². The standard InChI is InChI=1S/C19H17ClFNO5/c1-25-16-5-3-4-12(19(16)26-2)6-9-18(24)27-11-17(23)22-15-10-13(20)7-8-14(15)21/h3-10H,11H2,1-2H3,(H,22,23)/b9-6+. The number of amides is 1. The third-order valence-electron chi connectivity index (χ3n) is 3.38. The quantitative estimate of drug-likeness (QED) is 0.573. The molecule has 27 heavy (non-hydrogen) atoms. The Morgan fingerprint density at radius 3 is 2.67 bits per heavy atom. The first-order valence-electron chi connectivity index (χ1n) is 7.75. The normalized spacial score (nSPS) is 10.5. The second kappa shape index (κ2) is 9.59. The Balaban J connectivity index is 1.93. The first-order chi connectivity index (χ1) is 12.9. The van der Waals surface area contributed by atoms with Gasteiger partial charge in [-0.05, 0) is 30.3 Å². The molecule has 0 saturated carbocycles. The summed E-state index contributed by atoms with van der Waals surface area (Å²) in [6, 6.07) is 8.90. The molecular weight excluding hydrogens is 377 g/mol. The zero-order chi connectivity index (χ0) is 19.8. The van der Waals surface area contributed by atoms with Crippen LogP contribution in [-0.4, -0.2) is 32.7 Å². The minimum Gasteiger partial charge on any atom is -0.493 e. The number of hydrogen-bond donors (Lipinski definition) is 1. The molecule has 8 heteroatoms. The van der Waals surface area contributed by atoms with Crippen molar-refractivity contribution in [2.75, 3.05) is 26.1 Å². The van der Waals surface area contributed by atoms with E-state index in [0.717, 1.165) is 12.1 Å². The van der Waals surface area contributed by atoms with Gasteiger partial charge in [-0.25, -0.2) is 9.18 Å². The molecule has 0 aliphatic carbocycles. The van der Waals surface area contributed by atoms with E-state index in [1.165, 1.54) is 32.4 Å². The maximum atomic E-state index is 13.6. The molecule has 1 amide bonds. The SMILES string of the molecule is COc1cccc(/C=C/C(=O)OCC(=O)Nc2cc(Cl)ccc2F)c1OC. The lowest BCUT2D eigenvalue weighted by molar-refractivity contribution is -0.142. The van der Waals surface area contributed by atoms with Crippen molar-refractivity contribution >= 4 is 35.2 Å². The molecule has 0 radical (unpaired) electrons. The van der Waals surface area contributed by atoms with Crippen molar-refractivity contribution in [3.8, 4) is 11.5 Å². The molecule has 0 spiro atoms. The van der Waals surface area contributed by atoms with Gasteiger partial charge in [-0.3, -0.25) is 4.79 Å². The van der Waals surface area contributed by atoms with Crippen LogP contribution < -0.4 is 14.8 Å². The highest BCUT2D eigenvalue weighted by Crippen LogP contribution is 2.31. The Morgan fingerprint density at radius 2 is 1.96 bits per heavy atom. The maximum Gasteiger partial charge on any atom is 0.331 e. The molecule has 0 heterocycles. The van der Waals surface area contributed by atoms with Crippen LogP contribution in [-0.2, 0) is 14.3 Å². The number of nitrogens with one attached hydrogen (secondary N) is 1. The van der Waals surface area contributed by atoms with Crippen LogP contribution in [0.15, 0.2) is 42.5 Å². The van der Waals surface area contributed by atoms with Gasteiger partial charge in [0.1, 0.15) is 5.82 Å². The van der Waals surface area contributed by atoms with E-state index >= 15 is 0 Å². The number of rotatable bonds is 7. The Kier molecular flexibility index (Phi) is 7.19. The van der Waals surface area contributed by atoms with Crippen LogP contribution in [0.5, 0.6) is 11.5 Å². The predicted octanol–water partition coefficient (Wildman–Crippen LogP) is 3.69. The number of anilines is 1. The number of methoxy groups -OCH3 is 2. The van der Waals surface area contributed by atoms with E-state index in [-0.39, 0.29) is 10.7 Å². The first kappa shape index (κ1) is 20.3. The molecule has 0 aliphatic heterocycles. The summed E-state index contributed by atoms with van der Waals surface area (Å²) < 4.78 is 28.8. The van der Waals surface area contributed by atoms with Gasteiger partial charge in [0.05, 0.1) is 19.9 Å². The first-order valence-corrected chi connectivity index (χ1v) is 8.13. The van der Waals surface area contributed by atoms with E-state index < -0.39 is 24.3 Å². The summed E-state index contributed by atoms with van der Waals surface area (Å²) in [5.41, 5.74) is 0.499. The fourth-order valence-corrected chi connectivity index (χ4v) is 2.34. The van der Waals surface area contributed by atoms with Crippen molar-refractivity contribution in [2.24, 2.45) is 0 Å². The van der Waals surface area contributed by atoms with Crippen molar-refractivity contribution in [2.45, 2.75) is 0 Å². The number of carbonyl (C=O) groups excluding carboxylic acids is 2. The van der Waals surface area contributed by atoms with Gasteiger partial charge in [-0.1, -0.05) is 23.7 Å². The molecule has 2 rings (SSSR count). The van der Waals surface area contributed by atoms with Crippen molar-refractivity contribution < 1.29 is 28.2 Å². The van der Waals surface area contributed by atoms with Crippen LogP contribution in [0.3, 0.4) is 0 Å². The number of para-hydroxylation sites is 1. The van der Waals surface area contributed by atoms with Crippen molar-refractivity contribution in [3.63, 3.8) is 0 Å². The number of hydrogen-bond acceptors (Lipinski definition) is 5. The van der Waals surface area contributed by atoms with E-state index in [2.05, 4.69) is 5.32 Å². The smallest absolute Gasteiger partial charge is 0.331 e. The third-order valence-corrected chi connectivity index (χ3v) is 3.62. The van der Waals surface area contributed by atoms with Gasteiger partial charge in [-0.2, -0.15) is 0 Å². The minimum atomic E-state index is -0.749. The van der Waals surface area contributed by atoms with Gasteiger partial charge in [0.15, 0.2) is 18.1 Å². The predicted molar refractivity (Wildman–Crippen MR) is 99.6 cm³/mol. The Hall–Kier alpha value is -3.06. The molecule has 0 saturated heterocycles. The molecule has 1 N–H and O–H groups in total. The van der Waals surface area contributed by atoms with Gasteiger partial charge < -0.3 is 19.5 Å². The van der Waals surface area contributed by atoms with E-state index in [0.29, 0.717) is 17.1 Å². The zero-order valence-electron chi connectivity index (χ0n) is 14.6. The summed E-state index contributed by atoms with van der Waals surface area (Å²) in [5, 5.41) is 2.54. The van der Waals surface area contributed by atoms with Crippen LogP contribution >= 0.6 is 11.6 Å². The van der Waals surface area contributed by atoms with Crippen LogP contribution in [0.2, 0.25) is 5.02 Å². The van der Waals surface area contributed by atoms with Crippen LogP contribution in [0.4, 0.5) is 10.1 Å². The fraction of sp³-hybridized carbons (Fsp3) is 0.158. The van der Waals surface area contributed by atoms with E-state index in [9.17, 15) is 14.0 Å². The molecule has 142 valence electrons. The molecule has 2 aromatic carbocycles.